The smallest absolute Gasteiger partial charge is 0.410 e. The summed E-state index contributed by atoms with van der Waals surface area (Å²) in [6, 6.07) is 0. The molecule has 6 heteroatoms. The minimum Gasteiger partial charge on any atom is -0.444 e. The quantitative estimate of drug-likeness (QED) is 0.643. The molecule has 1 spiro atoms. The molecule has 0 atom stereocenters. The lowest BCUT2D eigenvalue weighted by molar-refractivity contribution is -0.120. The van der Waals surface area contributed by atoms with Gasteiger partial charge in [-0.3, -0.25) is 4.79 Å². The Morgan fingerprint density at radius 3 is 2.67 bits per heavy atom. The van der Waals surface area contributed by atoms with Crippen LogP contribution >= 0.6 is 0 Å². The Balaban J connectivity index is 1.85. The van der Waals surface area contributed by atoms with E-state index in [0.717, 1.165) is 0 Å². The summed E-state index contributed by atoms with van der Waals surface area (Å²) in [5.41, 5.74) is -0.631. The van der Waals surface area contributed by atoms with Gasteiger partial charge in [-0.1, -0.05) is 0 Å². The molecule has 2 fully saturated rings. The van der Waals surface area contributed by atoms with Crippen molar-refractivity contribution in [2.24, 2.45) is 0 Å². The van der Waals surface area contributed by atoms with Crippen molar-refractivity contribution in [2.75, 3.05) is 26.2 Å². The van der Waals surface area contributed by atoms with Crippen LogP contribution in [0.2, 0.25) is 0 Å². The Morgan fingerprint density at radius 1 is 1.39 bits per heavy atom. The summed E-state index contributed by atoms with van der Waals surface area (Å²) >= 11 is 0. The van der Waals surface area contributed by atoms with Gasteiger partial charge in [0.2, 0.25) is 5.91 Å². The molecule has 0 aromatic rings. The second-order valence-corrected chi connectivity index (χ2v) is 6.07. The number of hydrogen-bond donors (Lipinski definition) is 2. The van der Waals surface area contributed by atoms with Crippen molar-refractivity contribution in [3.05, 3.63) is 0 Å². The molecule has 2 aliphatic rings. The highest BCUT2D eigenvalue weighted by Gasteiger charge is 2.47. The minimum atomic E-state index is -0.467. The Kier molecular flexibility index (Phi) is 3.23. The van der Waals surface area contributed by atoms with Crippen LogP contribution in [0.1, 0.15) is 27.2 Å². The normalized spacial score (nSPS) is 23.1. The first-order valence-corrected chi connectivity index (χ1v) is 6.29. The van der Waals surface area contributed by atoms with Crippen LogP contribution in [0.25, 0.3) is 0 Å². The summed E-state index contributed by atoms with van der Waals surface area (Å²) < 4.78 is 5.30. The van der Waals surface area contributed by atoms with E-state index in [2.05, 4.69) is 10.6 Å². The van der Waals surface area contributed by atoms with E-state index in [1.165, 1.54) is 0 Å². The predicted molar refractivity (Wildman–Crippen MR) is 66.2 cm³/mol. The molecule has 0 bridgehead atoms. The largest absolute Gasteiger partial charge is 0.444 e. The van der Waals surface area contributed by atoms with Gasteiger partial charge in [0.25, 0.3) is 0 Å². The summed E-state index contributed by atoms with van der Waals surface area (Å²) in [5, 5.41) is 6.20. The van der Waals surface area contributed by atoms with Crippen molar-refractivity contribution in [3.63, 3.8) is 0 Å². The van der Waals surface area contributed by atoms with Crippen LogP contribution in [0, 0.1) is 0 Å². The fourth-order valence-corrected chi connectivity index (χ4v) is 2.22. The molecule has 2 rings (SSSR count). The first-order chi connectivity index (χ1) is 8.30. The molecule has 0 unspecified atom stereocenters. The maximum Gasteiger partial charge on any atom is 0.410 e. The summed E-state index contributed by atoms with van der Waals surface area (Å²) in [5.74, 6) is 0.0649. The summed E-state index contributed by atoms with van der Waals surface area (Å²) in [6.45, 7) is 7.96. The number of nitrogens with zero attached hydrogens (tertiary/aromatic N) is 1. The maximum absolute atomic E-state index is 11.8. The number of likely N-dealkylation sites (tertiary alicyclic amines) is 1. The van der Waals surface area contributed by atoms with Gasteiger partial charge in [-0.25, -0.2) is 4.79 Å². The number of carbonyl (C=O) groups is 2. The Labute approximate surface area is 107 Å². The summed E-state index contributed by atoms with van der Waals surface area (Å²) in [6.07, 6.45) is 0.208. The molecule has 2 saturated heterocycles. The molecule has 6 nitrogen and oxygen atoms in total. The zero-order valence-corrected chi connectivity index (χ0v) is 11.2. The molecule has 0 saturated carbocycles. The topological polar surface area (TPSA) is 70.7 Å². The summed E-state index contributed by atoms with van der Waals surface area (Å²) in [4.78, 5) is 24.7. The molecule has 0 aromatic carbocycles. The highest BCUT2D eigenvalue weighted by molar-refractivity contribution is 5.77. The van der Waals surface area contributed by atoms with Crippen LogP contribution in [-0.4, -0.2) is 54.2 Å². The minimum absolute atomic E-state index is 0.0649. The maximum atomic E-state index is 11.8. The number of ether oxygens (including phenoxy) is 1. The number of nitrogens with one attached hydrogen (secondary N) is 2. The molecule has 2 N–H and O–H groups in total. The summed E-state index contributed by atoms with van der Waals surface area (Å²) in [7, 11) is 0. The monoisotopic (exact) mass is 255 g/mol. The van der Waals surface area contributed by atoms with Crippen molar-refractivity contribution in [2.45, 2.75) is 38.3 Å². The van der Waals surface area contributed by atoms with E-state index in [1.807, 2.05) is 20.8 Å². The molecular weight excluding hydrogens is 234 g/mol. The molecule has 2 aliphatic heterocycles. The number of carbonyl (C=O) groups excluding carboxylic acids is 2. The van der Waals surface area contributed by atoms with Gasteiger partial charge < -0.3 is 20.3 Å². The highest BCUT2D eigenvalue weighted by Crippen LogP contribution is 2.24. The van der Waals surface area contributed by atoms with E-state index in [0.29, 0.717) is 32.6 Å². The number of hydrogen-bond acceptors (Lipinski definition) is 4. The van der Waals surface area contributed by atoms with Gasteiger partial charge in [0.15, 0.2) is 0 Å². The van der Waals surface area contributed by atoms with E-state index in [-0.39, 0.29) is 17.5 Å². The van der Waals surface area contributed by atoms with Gasteiger partial charge in [0.1, 0.15) is 5.60 Å². The molecule has 2 heterocycles. The Bertz CT molecular complexity index is 356. The Hall–Kier alpha value is -1.30. The molecule has 102 valence electrons. The SMILES string of the molecule is CC(C)(C)OC(=O)N1CC2(CNC(=O)CCN2)C1. The fourth-order valence-electron chi connectivity index (χ4n) is 2.22. The van der Waals surface area contributed by atoms with Gasteiger partial charge in [0.05, 0.1) is 5.54 Å². The third-order valence-electron chi connectivity index (χ3n) is 3.11. The number of rotatable bonds is 0. The molecule has 2 amide bonds. The van der Waals surface area contributed by atoms with Gasteiger partial charge in [-0.05, 0) is 20.8 Å². The van der Waals surface area contributed by atoms with Gasteiger partial charge in [-0.15, -0.1) is 0 Å². The standard InChI is InChI=1S/C12H21N3O3/c1-11(2,3)18-10(17)15-7-12(8-15)6-13-9(16)4-5-14-12/h14H,4-8H2,1-3H3,(H,13,16). The number of amides is 2. The van der Waals surface area contributed by atoms with Crippen molar-refractivity contribution < 1.29 is 14.3 Å². The van der Waals surface area contributed by atoms with Crippen molar-refractivity contribution in [3.8, 4) is 0 Å². The lowest BCUT2D eigenvalue weighted by atomic mass is 9.90. The zero-order valence-electron chi connectivity index (χ0n) is 11.2. The van der Waals surface area contributed by atoms with E-state index in [9.17, 15) is 9.59 Å². The zero-order chi connectivity index (χ0) is 13.4. The van der Waals surface area contributed by atoms with E-state index in [4.69, 9.17) is 4.74 Å². The average Bonchev–Trinajstić information content (AvgIpc) is 2.35. The van der Waals surface area contributed by atoms with Crippen molar-refractivity contribution >= 4 is 12.0 Å². The van der Waals surface area contributed by atoms with Crippen LogP contribution in [0.4, 0.5) is 4.79 Å². The molecule has 18 heavy (non-hydrogen) atoms. The molecule has 0 aromatic heterocycles. The first kappa shape index (κ1) is 13.1. The highest BCUT2D eigenvalue weighted by atomic mass is 16.6. The van der Waals surface area contributed by atoms with E-state index in [1.54, 1.807) is 4.90 Å². The van der Waals surface area contributed by atoms with Gasteiger partial charge in [-0.2, -0.15) is 0 Å². The van der Waals surface area contributed by atoms with Crippen LogP contribution < -0.4 is 10.6 Å². The van der Waals surface area contributed by atoms with Gasteiger partial charge in [0, 0.05) is 32.6 Å². The lowest BCUT2D eigenvalue weighted by Gasteiger charge is -2.49. The van der Waals surface area contributed by atoms with Crippen LogP contribution in [0.15, 0.2) is 0 Å². The predicted octanol–water partition coefficient (Wildman–Crippen LogP) is 0.0854. The molecular formula is C12H21N3O3. The van der Waals surface area contributed by atoms with E-state index >= 15 is 0 Å². The molecule has 0 aliphatic carbocycles. The third kappa shape index (κ3) is 2.93. The van der Waals surface area contributed by atoms with Crippen LogP contribution in [0.3, 0.4) is 0 Å². The van der Waals surface area contributed by atoms with Crippen LogP contribution in [-0.2, 0) is 9.53 Å². The van der Waals surface area contributed by atoms with Gasteiger partial charge >= 0.3 is 6.09 Å². The van der Waals surface area contributed by atoms with Crippen molar-refractivity contribution in [1.82, 2.24) is 15.5 Å². The lowest BCUT2D eigenvalue weighted by Crippen LogP contribution is -2.73. The Morgan fingerprint density at radius 2 is 2.06 bits per heavy atom. The third-order valence-corrected chi connectivity index (χ3v) is 3.11. The molecule has 0 radical (unpaired) electrons. The second kappa shape index (κ2) is 4.42. The van der Waals surface area contributed by atoms with Crippen molar-refractivity contribution in [1.29, 1.82) is 0 Å². The van der Waals surface area contributed by atoms with Crippen LogP contribution in [0.5, 0.6) is 0 Å². The van der Waals surface area contributed by atoms with E-state index < -0.39 is 5.60 Å². The average molecular weight is 255 g/mol. The fraction of sp³-hybridized carbons (Fsp3) is 0.833. The first-order valence-electron chi connectivity index (χ1n) is 6.29. The second-order valence-electron chi connectivity index (χ2n) is 6.07.